The van der Waals surface area contributed by atoms with Crippen molar-refractivity contribution in [3.63, 3.8) is 0 Å². The number of benzene rings is 1. The predicted octanol–water partition coefficient (Wildman–Crippen LogP) is 3.54. The highest BCUT2D eigenvalue weighted by molar-refractivity contribution is 9.10. The third-order valence-electron chi connectivity index (χ3n) is 1.36. The average Bonchev–Trinajstić information content (AvgIpc) is 2.10. The first-order chi connectivity index (χ1) is 6.15. The molecule has 0 saturated heterocycles. The van der Waals surface area contributed by atoms with Gasteiger partial charge in [-0.3, -0.25) is 0 Å². The van der Waals surface area contributed by atoms with Crippen LogP contribution in [0.3, 0.4) is 0 Å². The van der Waals surface area contributed by atoms with Gasteiger partial charge in [-0.05, 0) is 39.2 Å². The van der Waals surface area contributed by atoms with Crippen LogP contribution in [-0.4, -0.2) is 0 Å². The van der Waals surface area contributed by atoms with Gasteiger partial charge in [0.25, 0.3) is 0 Å². The highest BCUT2D eigenvalue weighted by atomic mass is 79.9. The SMILES string of the molecule is [N-]=[N+]=NCc1cc(F)c(Br)c(F)c1. The third kappa shape index (κ3) is 2.40. The lowest BCUT2D eigenvalue weighted by atomic mass is 10.2. The largest absolute Gasteiger partial charge is 0.206 e. The van der Waals surface area contributed by atoms with Crippen LogP contribution in [0.15, 0.2) is 21.7 Å². The van der Waals surface area contributed by atoms with Gasteiger partial charge in [0.2, 0.25) is 0 Å². The van der Waals surface area contributed by atoms with Crippen molar-refractivity contribution in [1.82, 2.24) is 0 Å². The summed E-state index contributed by atoms with van der Waals surface area (Å²) in [5, 5.41) is 3.19. The van der Waals surface area contributed by atoms with E-state index >= 15 is 0 Å². The molecular formula is C7H4BrF2N3. The van der Waals surface area contributed by atoms with Gasteiger partial charge in [-0.25, -0.2) is 8.78 Å². The van der Waals surface area contributed by atoms with Crippen molar-refractivity contribution < 1.29 is 8.78 Å². The fourth-order valence-electron chi connectivity index (χ4n) is 0.813. The molecule has 13 heavy (non-hydrogen) atoms. The molecule has 0 aliphatic heterocycles. The number of hydrogen-bond donors (Lipinski definition) is 0. The van der Waals surface area contributed by atoms with E-state index < -0.39 is 11.6 Å². The summed E-state index contributed by atoms with van der Waals surface area (Å²) in [5.74, 6) is -1.41. The van der Waals surface area contributed by atoms with Gasteiger partial charge in [-0.2, -0.15) is 0 Å². The Morgan fingerprint density at radius 2 is 1.92 bits per heavy atom. The van der Waals surface area contributed by atoms with Crippen LogP contribution in [0.5, 0.6) is 0 Å². The highest BCUT2D eigenvalue weighted by Crippen LogP contribution is 2.21. The molecule has 0 aliphatic rings. The van der Waals surface area contributed by atoms with Crippen molar-refractivity contribution >= 4 is 15.9 Å². The smallest absolute Gasteiger partial charge is 0.140 e. The second kappa shape index (κ2) is 4.20. The summed E-state index contributed by atoms with van der Waals surface area (Å²) >= 11 is 2.73. The molecule has 0 saturated carbocycles. The van der Waals surface area contributed by atoms with Crippen LogP contribution in [-0.2, 0) is 6.54 Å². The van der Waals surface area contributed by atoms with Gasteiger partial charge in [0.05, 0.1) is 11.0 Å². The van der Waals surface area contributed by atoms with Crippen molar-refractivity contribution in [2.75, 3.05) is 0 Å². The molecule has 0 aromatic heterocycles. The molecule has 0 spiro atoms. The molecule has 68 valence electrons. The zero-order valence-electron chi connectivity index (χ0n) is 6.34. The van der Waals surface area contributed by atoms with Gasteiger partial charge in [0, 0.05) is 4.91 Å². The molecule has 0 aliphatic carbocycles. The van der Waals surface area contributed by atoms with Gasteiger partial charge in [-0.1, -0.05) is 5.11 Å². The zero-order valence-corrected chi connectivity index (χ0v) is 7.92. The molecular weight excluding hydrogens is 244 g/mol. The lowest BCUT2D eigenvalue weighted by Crippen LogP contribution is -1.89. The van der Waals surface area contributed by atoms with Gasteiger partial charge in [0.15, 0.2) is 0 Å². The maximum absolute atomic E-state index is 12.8. The van der Waals surface area contributed by atoms with E-state index in [2.05, 4.69) is 26.0 Å². The van der Waals surface area contributed by atoms with Gasteiger partial charge >= 0.3 is 0 Å². The number of halogens is 3. The molecule has 0 unspecified atom stereocenters. The quantitative estimate of drug-likeness (QED) is 0.332. The summed E-state index contributed by atoms with van der Waals surface area (Å²) < 4.78 is 25.5. The van der Waals surface area contributed by atoms with Crippen LogP contribution in [0.2, 0.25) is 0 Å². The number of nitrogens with zero attached hydrogens (tertiary/aromatic N) is 3. The van der Waals surface area contributed by atoms with Gasteiger partial charge in [0.1, 0.15) is 11.6 Å². The second-order valence-corrected chi connectivity index (χ2v) is 3.06. The molecule has 0 amide bonds. The summed E-state index contributed by atoms with van der Waals surface area (Å²) in [6.45, 7) is -0.0579. The number of rotatable bonds is 2. The Bertz CT molecular complexity index is 351. The van der Waals surface area contributed by atoms with E-state index in [1.807, 2.05) is 0 Å². The topological polar surface area (TPSA) is 48.8 Å². The fraction of sp³-hybridized carbons (Fsp3) is 0.143. The molecule has 0 fully saturated rings. The van der Waals surface area contributed by atoms with E-state index in [1.165, 1.54) is 0 Å². The monoisotopic (exact) mass is 247 g/mol. The Morgan fingerprint density at radius 3 is 2.38 bits per heavy atom. The molecule has 0 radical (unpaired) electrons. The molecule has 0 heterocycles. The lowest BCUT2D eigenvalue weighted by molar-refractivity contribution is 0.568. The minimum atomic E-state index is -0.705. The summed E-state index contributed by atoms with van der Waals surface area (Å²) in [7, 11) is 0. The van der Waals surface area contributed by atoms with Crippen molar-refractivity contribution in [1.29, 1.82) is 0 Å². The maximum atomic E-state index is 12.8. The Labute approximate surface area is 81.1 Å². The predicted molar refractivity (Wildman–Crippen MR) is 46.9 cm³/mol. The molecule has 1 aromatic carbocycles. The molecule has 0 bridgehead atoms. The van der Waals surface area contributed by atoms with E-state index in [-0.39, 0.29) is 11.0 Å². The summed E-state index contributed by atoms with van der Waals surface area (Å²) in [4.78, 5) is 2.48. The molecule has 6 heteroatoms. The Balaban J connectivity index is 3.05. The van der Waals surface area contributed by atoms with Crippen LogP contribution in [0.1, 0.15) is 5.56 Å². The normalized spacial score (nSPS) is 9.46. The van der Waals surface area contributed by atoms with E-state index in [1.54, 1.807) is 0 Å². The number of azide groups is 1. The molecule has 0 atom stereocenters. The maximum Gasteiger partial charge on any atom is 0.140 e. The molecule has 1 rings (SSSR count). The van der Waals surface area contributed by atoms with Crippen LogP contribution < -0.4 is 0 Å². The lowest BCUT2D eigenvalue weighted by Gasteiger charge is -1.99. The number of hydrogen-bond acceptors (Lipinski definition) is 1. The van der Waals surface area contributed by atoms with Crippen molar-refractivity contribution in [3.05, 3.63) is 44.2 Å². The first-order valence-corrected chi connectivity index (χ1v) is 4.08. The van der Waals surface area contributed by atoms with Crippen molar-refractivity contribution in [2.24, 2.45) is 5.11 Å². The first-order valence-electron chi connectivity index (χ1n) is 3.29. The van der Waals surface area contributed by atoms with E-state index in [0.717, 1.165) is 12.1 Å². The fourth-order valence-corrected chi connectivity index (χ4v) is 1.04. The van der Waals surface area contributed by atoms with E-state index in [9.17, 15) is 8.78 Å². The average molecular weight is 248 g/mol. The summed E-state index contributed by atoms with van der Waals surface area (Å²) in [5.41, 5.74) is 8.28. The van der Waals surface area contributed by atoms with Crippen LogP contribution in [0.25, 0.3) is 10.4 Å². The van der Waals surface area contributed by atoms with Crippen molar-refractivity contribution in [2.45, 2.75) is 6.54 Å². The molecule has 0 N–H and O–H groups in total. The van der Waals surface area contributed by atoms with Crippen LogP contribution in [0.4, 0.5) is 8.78 Å². The molecule has 3 nitrogen and oxygen atoms in total. The third-order valence-corrected chi connectivity index (χ3v) is 2.12. The van der Waals surface area contributed by atoms with Crippen LogP contribution in [0, 0.1) is 11.6 Å². The van der Waals surface area contributed by atoms with Crippen LogP contribution >= 0.6 is 15.9 Å². The first kappa shape index (κ1) is 9.95. The van der Waals surface area contributed by atoms with Crippen molar-refractivity contribution in [3.8, 4) is 0 Å². The zero-order chi connectivity index (χ0) is 9.84. The second-order valence-electron chi connectivity index (χ2n) is 2.26. The summed E-state index contributed by atoms with van der Waals surface area (Å²) in [6, 6.07) is 2.23. The Morgan fingerprint density at radius 1 is 1.38 bits per heavy atom. The minimum Gasteiger partial charge on any atom is -0.206 e. The van der Waals surface area contributed by atoms with Gasteiger partial charge < -0.3 is 0 Å². The van der Waals surface area contributed by atoms with E-state index in [4.69, 9.17) is 5.53 Å². The summed E-state index contributed by atoms with van der Waals surface area (Å²) in [6.07, 6.45) is 0. The van der Waals surface area contributed by atoms with Gasteiger partial charge in [-0.15, -0.1) is 0 Å². The Kier molecular flexibility index (Phi) is 3.22. The highest BCUT2D eigenvalue weighted by Gasteiger charge is 2.07. The standard InChI is InChI=1S/C7H4BrF2N3/c8-7-5(9)1-4(2-6(7)10)3-12-13-11/h1-2H,3H2. The molecule has 1 aromatic rings. The minimum absolute atomic E-state index is 0.0579. The van der Waals surface area contributed by atoms with E-state index in [0.29, 0.717) is 5.56 Å². The Hall–Kier alpha value is -1.13.